The highest BCUT2D eigenvalue weighted by atomic mass is 14.3. The van der Waals surface area contributed by atoms with Crippen LogP contribution < -0.4 is 0 Å². The first-order chi connectivity index (χ1) is 4.38. The van der Waals surface area contributed by atoms with Gasteiger partial charge in [-0.15, -0.1) is 0 Å². The van der Waals surface area contributed by atoms with E-state index in [1.807, 2.05) is 12.1 Å². The lowest BCUT2D eigenvalue weighted by molar-refractivity contribution is 0.908. The van der Waals surface area contributed by atoms with Gasteiger partial charge in [0.1, 0.15) is 0 Å². The van der Waals surface area contributed by atoms with E-state index in [0.717, 1.165) is 19.3 Å². The maximum absolute atomic E-state index is 8.41. The Bertz CT molecular complexity index is 200. The largest absolute Gasteiger partial charge is 0.193 e. The van der Waals surface area contributed by atoms with Crippen molar-refractivity contribution >= 4 is 0 Å². The first kappa shape index (κ1) is 5.85. The van der Waals surface area contributed by atoms with Crippen LogP contribution in [0.2, 0.25) is 0 Å². The highest BCUT2D eigenvalue weighted by Gasteiger charge is 2.12. The molecular weight excluding hydrogens is 112 g/mol. The average Bonchev–Trinajstić information content (AvgIpc) is 2.33. The Balaban J connectivity index is 2.90. The lowest BCUT2D eigenvalue weighted by atomic mass is 10.2. The molecule has 1 aliphatic carbocycles. The molecule has 0 unspecified atom stereocenters. The van der Waals surface area contributed by atoms with E-state index in [4.69, 9.17) is 10.5 Å². The van der Waals surface area contributed by atoms with Crippen molar-refractivity contribution in [1.29, 1.82) is 10.5 Å². The minimum Gasteiger partial charge on any atom is -0.193 e. The minimum atomic E-state index is 0.692. The third kappa shape index (κ3) is 0.925. The predicted octanol–water partition coefficient (Wildman–Crippen LogP) is 1.51. The molecule has 1 aliphatic rings. The third-order valence-corrected chi connectivity index (χ3v) is 1.49. The molecule has 0 saturated carbocycles. The SMILES string of the molecule is N#CC1=C(C#N)CCC1. The summed E-state index contributed by atoms with van der Waals surface area (Å²) in [5, 5.41) is 16.8. The smallest absolute Gasteiger partial charge is 0.0957 e. The standard InChI is InChI=1S/C7H6N2/c8-4-6-2-1-3-7(6)5-9/h1-3H2. The zero-order valence-electron chi connectivity index (χ0n) is 5.02. The predicted molar refractivity (Wildman–Crippen MR) is 32.1 cm³/mol. The van der Waals surface area contributed by atoms with Gasteiger partial charge in [0, 0.05) is 11.1 Å². The van der Waals surface area contributed by atoms with Gasteiger partial charge in [0.15, 0.2) is 0 Å². The van der Waals surface area contributed by atoms with Gasteiger partial charge in [-0.3, -0.25) is 0 Å². The number of nitriles is 2. The van der Waals surface area contributed by atoms with Crippen LogP contribution in [0.15, 0.2) is 11.1 Å². The van der Waals surface area contributed by atoms with Crippen LogP contribution in [-0.2, 0) is 0 Å². The first-order valence-corrected chi connectivity index (χ1v) is 2.90. The zero-order chi connectivity index (χ0) is 6.69. The van der Waals surface area contributed by atoms with Crippen molar-refractivity contribution in [2.24, 2.45) is 0 Å². The normalized spacial score (nSPS) is 17.1. The minimum absolute atomic E-state index is 0.692. The van der Waals surface area contributed by atoms with Crippen LogP contribution in [0.5, 0.6) is 0 Å². The second kappa shape index (κ2) is 2.33. The lowest BCUT2D eigenvalue weighted by Gasteiger charge is -1.81. The Morgan fingerprint density at radius 2 is 1.44 bits per heavy atom. The van der Waals surface area contributed by atoms with Crippen LogP contribution >= 0.6 is 0 Å². The molecule has 1 rings (SSSR count). The van der Waals surface area contributed by atoms with Crippen LogP contribution in [0.25, 0.3) is 0 Å². The number of hydrogen-bond acceptors (Lipinski definition) is 2. The number of nitrogens with zero attached hydrogens (tertiary/aromatic N) is 2. The Hall–Kier alpha value is -1.28. The summed E-state index contributed by atoms with van der Waals surface area (Å²) in [4.78, 5) is 0. The molecule has 0 aliphatic heterocycles. The van der Waals surface area contributed by atoms with E-state index in [2.05, 4.69) is 0 Å². The van der Waals surface area contributed by atoms with Crippen molar-refractivity contribution in [3.05, 3.63) is 11.1 Å². The summed E-state index contributed by atoms with van der Waals surface area (Å²) < 4.78 is 0. The summed E-state index contributed by atoms with van der Waals surface area (Å²) >= 11 is 0. The molecule has 0 aromatic heterocycles. The van der Waals surface area contributed by atoms with Gasteiger partial charge < -0.3 is 0 Å². The molecule has 0 aromatic carbocycles. The van der Waals surface area contributed by atoms with E-state index in [0.29, 0.717) is 11.1 Å². The Morgan fingerprint density at radius 1 is 1.00 bits per heavy atom. The number of allylic oxidation sites excluding steroid dienone is 2. The summed E-state index contributed by atoms with van der Waals surface area (Å²) in [5.41, 5.74) is 1.38. The van der Waals surface area contributed by atoms with Gasteiger partial charge in [-0.25, -0.2) is 0 Å². The maximum Gasteiger partial charge on any atom is 0.0957 e. The van der Waals surface area contributed by atoms with Gasteiger partial charge in [-0.1, -0.05) is 0 Å². The topological polar surface area (TPSA) is 47.6 Å². The molecule has 0 atom stereocenters. The molecule has 9 heavy (non-hydrogen) atoms. The Kier molecular flexibility index (Phi) is 1.51. The summed E-state index contributed by atoms with van der Waals surface area (Å²) in [6.45, 7) is 0. The zero-order valence-corrected chi connectivity index (χ0v) is 5.02. The monoisotopic (exact) mass is 118 g/mol. The van der Waals surface area contributed by atoms with Crippen molar-refractivity contribution in [3.8, 4) is 12.1 Å². The Morgan fingerprint density at radius 3 is 1.78 bits per heavy atom. The molecule has 0 N–H and O–H groups in total. The van der Waals surface area contributed by atoms with E-state index < -0.39 is 0 Å². The van der Waals surface area contributed by atoms with Gasteiger partial charge in [0.2, 0.25) is 0 Å². The second-order valence-corrected chi connectivity index (χ2v) is 2.03. The van der Waals surface area contributed by atoms with E-state index >= 15 is 0 Å². The molecule has 2 nitrogen and oxygen atoms in total. The summed E-state index contributed by atoms with van der Waals surface area (Å²) in [6.07, 6.45) is 2.59. The van der Waals surface area contributed by atoms with Crippen LogP contribution in [0.1, 0.15) is 19.3 Å². The van der Waals surface area contributed by atoms with E-state index in [-0.39, 0.29) is 0 Å². The quantitative estimate of drug-likeness (QED) is 0.484. The van der Waals surface area contributed by atoms with E-state index in [1.165, 1.54) is 0 Å². The van der Waals surface area contributed by atoms with Gasteiger partial charge >= 0.3 is 0 Å². The van der Waals surface area contributed by atoms with Crippen molar-refractivity contribution in [3.63, 3.8) is 0 Å². The highest BCUT2D eigenvalue weighted by molar-refractivity contribution is 5.39. The molecule has 0 aromatic rings. The first-order valence-electron chi connectivity index (χ1n) is 2.90. The summed E-state index contributed by atoms with van der Waals surface area (Å²) in [5.74, 6) is 0. The summed E-state index contributed by atoms with van der Waals surface area (Å²) in [7, 11) is 0. The maximum atomic E-state index is 8.41. The lowest BCUT2D eigenvalue weighted by Crippen LogP contribution is -1.73. The molecule has 0 spiro atoms. The molecule has 0 radical (unpaired) electrons. The third-order valence-electron chi connectivity index (χ3n) is 1.49. The van der Waals surface area contributed by atoms with Gasteiger partial charge in [-0.2, -0.15) is 10.5 Å². The molecule has 0 fully saturated rings. The average molecular weight is 118 g/mol. The fourth-order valence-corrected chi connectivity index (χ4v) is 0.990. The highest BCUT2D eigenvalue weighted by Crippen LogP contribution is 2.23. The fourth-order valence-electron chi connectivity index (χ4n) is 0.990. The fraction of sp³-hybridized carbons (Fsp3) is 0.429. The van der Waals surface area contributed by atoms with E-state index in [1.54, 1.807) is 0 Å². The molecule has 0 bridgehead atoms. The van der Waals surface area contributed by atoms with Crippen LogP contribution in [0, 0.1) is 22.7 Å². The van der Waals surface area contributed by atoms with Gasteiger partial charge in [0.05, 0.1) is 12.1 Å². The summed E-state index contributed by atoms with van der Waals surface area (Å²) in [6, 6.07) is 4.04. The van der Waals surface area contributed by atoms with Crippen LogP contribution in [0.3, 0.4) is 0 Å². The molecule has 0 amide bonds. The van der Waals surface area contributed by atoms with E-state index in [9.17, 15) is 0 Å². The molecule has 0 heterocycles. The van der Waals surface area contributed by atoms with Crippen molar-refractivity contribution < 1.29 is 0 Å². The van der Waals surface area contributed by atoms with Crippen molar-refractivity contribution in [2.75, 3.05) is 0 Å². The number of hydrogen-bond donors (Lipinski definition) is 0. The van der Waals surface area contributed by atoms with Crippen molar-refractivity contribution in [1.82, 2.24) is 0 Å². The van der Waals surface area contributed by atoms with Crippen molar-refractivity contribution in [2.45, 2.75) is 19.3 Å². The molecular formula is C7H6N2. The molecule has 0 saturated heterocycles. The molecule has 44 valence electrons. The van der Waals surface area contributed by atoms with Gasteiger partial charge in [-0.05, 0) is 19.3 Å². The Labute approximate surface area is 54.0 Å². The van der Waals surface area contributed by atoms with Crippen LogP contribution in [-0.4, -0.2) is 0 Å². The molecule has 2 heteroatoms. The number of rotatable bonds is 0. The van der Waals surface area contributed by atoms with Gasteiger partial charge in [0.25, 0.3) is 0 Å². The second-order valence-electron chi connectivity index (χ2n) is 2.03. The van der Waals surface area contributed by atoms with Crippen LogP contribution in [0.4, 0.5) is 0 Å².